The van der Waals surface area contributed by atoms with Gasteiger partial charge in [-0.3, -0.25) is 4.79 Å². The van der Waals surface area contributed by atoms with E-state index in [0.29, 0.717) is 5.92 Å². The van der Waals surface area contributed by atoms with E-state index in [0.717, 1.165) is 6.42 Å². The molecule has 0 radical (unpaired) electrons. The van der Waals surface area contributed by atoms with Gasteiger partial charge in [0.15, 0.2) is 0 Å². The van der Waals surface area contributed by atoms with Gasteiger partial charge in [-0.2, -0.15) is 0 Å². The van der Waals surface area contributed by atoms with E-state index in [9.17, 15) is 4.79 Å². The molecule has 2 fully saturated rings. The smallest absolute Gasteiger partial charge is 0.312 e. The van der Waals surface area contributed by atoms with Gasteiger partial charge < -0.3 is 4.74 Å². The molecular weight excluding hydrogens is 152 g/mol. The lowest BCUT2D eigenvalue weighted by molar-refractivity contribution is -0.147. The second kappa shape index (κ2) is 2.48. The van der Waals surface area contributed by atoms with Crippen LogP contribution in [0.2, 0.25) is 0 Å². The predicted octanol–water partition coefficient (Wildman–Crippen LogP) is 2.13. The van der Waals surface area contributed by atoms with Gasteiger partial charge in [0.1, 0.15) is 6.10 Å². The van der Waals surface area contributed by atoms with Crippen LogP contribution in [0.5, 0.6) is 0 Å². The Morgan fingerprint density at radius 2 is 2.00 bits per heavy atom. The zero-order valence-corrected chi connectivity index (χ0v) is 7.80. The molecule has 12 heavy (non-hydrogen) atoms. The van der Waals surface area contributed by atoms with Gasteiger partial charge in [0.25, 0.3) is 0 Å². The first kappa shape index (κ1) is 8.09. The van der Waals surface area contributed by atoms with Crippen LogP contribution in [-0.2, 0) is 9.53 Å². The molecule has 2 unspecified atom stereocenters. The number of hydrogen-bond donors (Lipinski definition) is 0. The molecule has 1 saturated heterocycles. The minimum atomic E-state index is -0.217. The van der Waals surface area contributed by atoms with Crippen molar-refractivity contribution in [1.29, 1.82) is 0 Å². The van der Waals surface area contributed by atoms with Gasteiger partial charge in [-0.1, -0.05) is 6.42 Å². The van der Waals surface area contributed by atoms with Gasteiger partial charge >= 0.3 is 5.97 Å². The van der Waals surface area contributed by atoms with Crippen molar-refractivity contribution in [2.75, 3.05) is 0 Å². The summed E-state index contributed by atoms with van der Waals surface area (Å²) in [7, 11) is 0. The van der Waals surface area contributed by atoms with Gasteiger partial charge in [0, 0.05) is 5.92 Å². The van der Waals surface area contributed by atoms with Crippen LogP contribution in [-0.4, -0.2) is 12.1 Å². The summed E-state index contributed by atoms with van der Waals surface area (Å²) in [5.41, 5.74) is -0.217. The van der Waals surface area contributed by atoms with Crippen molar-refractivity contribution in [3.8, 4) is 0 Å². The zero-order chi connectivity index (χ0) is 8.77. The first-order valence-electron chi connectivity index (χ1n) is 4.83. The molecule has 2 atom stereocenters. The number of hydrogen-bond acceptors (Lipinski definition) is 2. The van der Waals surface area contributed by atoms with Gasteiger partial charge in [0.05, 0.1) is 5.41 Å². The number of esters is 1. The molecule has 1 aliphatic heterocycles. The van der Waals surface area contributed by atoms with E-state index < -0.39 is 0 Å². The fourth-order valence-corrected chi connectivity index (χ4v) is 2.50. The summed E-state index contributed by atoms with van der Waals surface area (Å²) < 4.78 is 5.34. The maximum absolute atomic E-state index is 11.4. The fraction of sp³-hybridized carbons (Fsp3) is 0.900. The van der Waals surface area contributed by atoms with Gasteiger partial charge in [-0.25, -0.2) is 0 Å². The molecular formula is C10H16O2. The highest BCUT2D eigenvalue weighted by molar-refractivity contribution is 5.78. The standard InChI is InChI=1S/C10H16O2/c1-10(2)7-5-3-4-6-8(7)12-9(10)11/h7-8H,3-6H2,1-2H3. The average Bonchev–Trinajstić information content (AvgIpc) is 2.25. The Balaban J connectivity index is 2.22. The Labute approximate surface area is 73.3 Å². The van der Waals surface area contributed by atoms with E-state index in [1.807, 2.05) is 13.8 Å². The number of carbonyl (C=O) groups is 1. The molecule has 0 spiro atoms. The lowest BCUT2D eigenvalue weighted by atomic mass is 9.72. The van der Waals surface area contributed by atoms with Crippen molar-refractivity contribution in [2.24, 2.45) is 11.3 Å². The third kappa shape index (κ3) is 0.970. The van der Waals surface area contributed by atoms with Crippen LogP contribution >= 0.6 is 0 Å². The number of carbonyl (C=O) groups excluding carboxylic acids is 1. The van der Waals surface area contributed by atoms with Gasteiger partial charge in [-0.05, 0) is 33.1 Å². The van der Waals surface area contributed by atoms with E-state index in [-0.39, 0.29) is 17.5 Å². The molecule has 0 bridgehead atoms. The third-order valence-corrected chi connectivity index (χ3v) is 3.41. The maximum atomic E-state index is 11.4. The van der Waals surface area contributed by atoms with E-state index >= 15 is 0 Å². The van der Waals surface area contributed by atoms with Crippen molar-refractivity contribution in [2.45, 2.75) is 45.6 Å². The predicted molar refractivity (Wildman–Crippen MR) is 45.6 cm³/mol. The lowest BCUT2D eigenvalue weighted by Gasteiger charge is -2.28. The first-order valence-corrected chi connectivity index (χ1v) is 4.83. The Morgan fingerprint density at radius 3 is 2.67 bits per heavy atom. The summed E-state index contributed by atoms with van der Waals surface area (Å²) in [6.07, 6.45) is 4.98. The molecule has 0 aromatic rings. The van der Waals surface area contributed by atoms with Crippen molar-refractivity contribution in [3.63, 3.8) is 0 Å². The Kier molecular flexibility index (Phi) is 1.67. The molecule has 0 aromatic heterocycles. The van der Waals surface area contributed by atoms with Crippen LogP contribution in [0.4, 0.5) is 0 Å². The van der Waals surface area contributed by atoms with Crippen molar-refractivity contribution >= 4 is 5.97 Å². The number of ether oxygens (including phenoxy) is 1. The van der Waals surface area contributed by atoms with E-state index in [1.54, 1.807) is 0 Å². The molecule has 0 aromatic carbocycles. The van der Waals surface area contributed by atoms with Crippen LogP contribution in [0.3, 0.4) is 0 Å². The van der Waals surface area contributed by atoms with Crippen LogP contribution in [0.1, 0.15) is 39.5 Å². The van der Waals surface area contributed by atoms with E-state index in [4.69, 9.17) is 4.74 Å². The van der Waals surface area contributed by atoms with Crippen LogP contribution < -0.4 is 0 Å². The van der Waals surface area contributed by atoms with Crippen molar-refractivity contribution < 1.29 is 9.53 Å². The fourth-order valence-electron chi connectivity index (χ4n) is 2.50. The largest absolute Gasteiger partial charge is 0.462 e. The summed E-state index contributed by atoms with van der Waals surface area (Å²) in [6.45, 7) is 4.04. The monoisotopic (exact) mass is 168 g/mol. The lowest BCUT2D eigenvalue weighted by Crippen LogP contribution is -2.30. The highest BCUT2D eigenvalue weighted by Crippen LogP contribution is 2.46. The normalized spacial score (nSPS) is 39.0. The molecule has 2 heteroatoms. The summed E-state index contributed by atoms with van der Waals surface area (Å²) in [4.78, 5) is 11.4. The van der Waals surface area contributed by atoms with Crippen molar-refractivity contribution in [3.05, 3.63) is 0 Å². The number of rotatable bonds is 0. The molecule has 68 valence electrons. The Hall–Kier alpha value is -0.530. The quantitative estimate of drug-likeness (QED) is 0.518. The first-order chi connectivity index (χ1) is 5.62. The molecule has 1 heterocycles. The molecule has 2 nitrogen and oxygen atoms in total. The molecule has 0 amide bonds. The molecule has 0 N–H and O–H groups in total. The SMILES string of the molecule is CC1(C)C(=O)OC2CCCCC21. The van der Waals surface area contributed by atoms with Crippen LogP contribution in [0.25, 0.3) is 0 Å². The van der Waals surface area contributed by atoms with Gasteiger partial charge in [-0.15, -0.1) is 0 Å². The van der Waals surface area contributed by atoms with Gasteiger partial charge in [0.2, 0.25) is 0 Å². The third-order valence-electron chi connectivity index (χ3n) is 3.41. The zero-order valence-electron chi connectivity index (χ0n) is 7.80. The van der Waals surface area contributed by atoms with Crippen molar-refractivity contribution in [1.82, 2.24) is 0 Å². The van der Waals surface area contributed by atoms with Crippen LogP contribution in [0, 0.1) is 11.3 Å². The second-order valence-electron chi connectivity index (χ2n) is 4.56. The molecule has 1 saturated carbocycles. The minimum absolute atomic E-state index is 0.0133. The second-order valence-corrected chi connectivity index (χ2v) is 4.56. The Morgan fingerprint density at radius 1 is 1.33 bits per heavy atom. The minimum Gasteiger partial charge on any atom is -0.462 e. The molecule has 1 aliphatic carbocycles. The topological polar surface area (TPSA) is 26.3 Å². The highest BCUT2D eigenvalue weighted by atomic mass is 16.6. The van der Waals surface area contributed by atoms with Crippen LogP contribution in [0.15, 0.2) is 0 Å². The van der Waals surface area contributed by atoms with E-state index in [2.05, 4.69) is 0 Å². The summed E-state index contributed by atoms with van der Waals surface area (Å²) >= 11 is 0. The average molecular weight is 168 g/mol. The molecule has 2 aliphatic rings. The highest BCUT2D eigenvalue weighted by Gasteiger charge is 2.51. The Bertz CT molecular complexity index is 208. The molecule has 2 rings (SSSR count). The number of fused-ring (bicyclic) bond motifs is 1. The summed E-state index contributed by atoms with van der Waals surface area (Å²) in [5.74, 6) is 0.498. The van der Waals surface area contributed by atoms with E-state index in [1.165, 1.54) is 19.3 Å². The summed E-state index contributed by atoms with van der Waals surface area (Å²) in [6, 6.07) is 0. The maximum Gasteiger partial charge on any atom is 0.312 e. The summed E-state index contributed by atoms with van der Waals surface area (Å²) in [5, 5.41) is 0.